The van der Waals surface area contributed by atoms with E-state index >= 15 is 0 Å². The Bertz CT molecular complexity index is 2440. The molecule has 0 bridgehead atoms. The molecule has 212 valence electrons. The first-order chi connectivity index (χ1) is 22.1. The monoisotopic (exact) mass is 573 g/mol. The summed E-state index contributed by atoms with van der Waals surface area (Å²) in [5.41, 5.74) is 12.6. The molecule has 0 radical (unpaired) electrons. The minimum absolute atomic E-state index is 0.112. The zero-order valence-electron chi connectivity index (χ0n) is 25.4. The molecule has 0 aliphatic heterocycles. The molecule has 0 spiro atoms. The van der Waals surface area contributed by atoms with Crippen molar-refractivity contribution in [3.8, 4) is 44.6 Å². The first-order valence-electron chi connectivity index (χ1n) is 15.7. The fraction of sp³-hybridized carbons (Fsp3) is 0.0682. The van der Waals surface area contributed by atoms with Crippen LogP contribution in [0.1, 0.15) is 25.0 Å². The molecule has 0 fully saturated rings. The Kier molecular flexibility index (Phi) is 5.61. The molecular weight excluding hydrogens is 542 g/mol. The van der Waals surface area contributed by atoms with Crippen LogP contribution in [0.4, 0.5) is 0 Å². The van der Waals surface area contributed by atoms with Gasteiger partial charge in [-0.05, 0) is 101 Å². The average Bonchev–Trinajstić information content (AvgIpc) is 3.33. The van der Waals surface area contributed by atoms with Crippen LogP contribution in [0.3, 0.4) is 0 Å². The highest BCUT2D eigenvalue weighted by atomic mass is 14.7. The Labute approximate surface area is 263 Å². The molecule has 1 aliphatic carbocycles. The first-order valence-corrected chi connectivity index (χ1v) is 15.7. The number of pyridine rings is 1. The predicted octanol–water partition coefficient (Wildman–Crippen LogP) is 11.8. The summed E-state index contributed by atoms with van der Waals surface area (Å²) in [5.74, 6) is 0. The Balaban J connectivity index is 1.48. The number of benzene rings is 7. The van der Waals surface area contributed by atoms with E-state index in [4.69, 9.17) is 4.98 Å². The van der Waals surface area contributed by atoms with Crippen molar-refractivity contribution >= 4 is 32.3 Å². The number of nitrogens with zero attached hydrogens (tertiary/aromatic N) is 1. The van der Waals surface area contributed by atoms with Gasteiger partial charge in [-0.3, -0.25) is 4.98 Å². The van der Waals surface area contributed by atoms with Crippen molar-refractivity contribution in [1.82, 2.24) is 4.98 Å². The van der Waals surface area contributed by atoms with Crippen molar-refractivity contribution < 1.29 is 0 Å². The fourth-order valence-corrected chi connectivity index (χ4v) is 7.83. The molecular formula is C44H31N. The third-order valence-electron chi connectivity index (χ3n) is 9.90. The van der Waals surface area contributed by atoms with Crippen LogP contribution in [0.15, 0.2) is 152 Å². The molecule has 0 saturated heterocycles. The number of aromatic nitrogens is 1. The molecule has 8 aromatic rings. The van der Waals surface area contributed by atoms with Gasteiger partial charge in [0.2, 0.25) is 0 Å². The molecule has 9 rings (SSSR count). The van der Waals surface area contributed by atoms with Crippen LogP contribution in [0.2, 0.25) is 0 Å². The number of hydrogen-bond donors (Lipinski definition) is 0. The van der Waals surface area contributed by atoms with Gasteiger partial charge in [0, 0.05) is 17.2 Å². The summed E-state index contributed by atoms with van der Waals surface area (Å²) in [4.78, 5) is 4.74. The van der Waals surface area contributed by atoms with E-state index in [2.05, 4.69) is 153 Å². The van der Waals surface area contributed by atoms with Crippen molar-refractivity contribution in [3.63, 3.8) is 0 Å². The quantitative estimate of drug-likeness (QED) is 0.192. The van der Waals surface area contributed by atoms with E-state index in [0.717, 1.165) is 11.3 Å². The highest BCUT2D eigenvalue weighted by Crippen LogP contribution is 2.54. The molecule has 0 amide bonds. The van der Waals surface area contributed by atoms with Gasteiger partial charge in [-0.25, -0.2) is 0 Å². The molecule has 7 aromatic carbocycles. The van der Waals surface area contributed by atoms with E-state index in [1.54, 1.807) is 0 Å². The van der Waals surface area contributed by atoms with Crippen LogP contribution in [-0.4, -0.2) is 4.98 Å². The van der Waals surface area contributed by atoms with Gasteiger partial charge in [-0.15, -0.1) is 0 Å². The van der Waals surface area contributed by atoms with Gasteiger partial charge < -0.3 is 0 Å². The normalized spacial score (nSPS) is 13.3. The fourth-order valence-electron chi connectivity index (χ4n) is 7.83. The highest BCUT2D eigenvalue weighted by molar-refractivity contribution is 6.25. The number of hydrogen-bond acceptors (Lipinski definition) is 1. The first kappa shape index (κ1) is 25.9. The molecule has 0 N–H and O–H groups in total. The molecule has 1 heteroatoms. The smallest absolute Gasteiger partial charge is 0.0702 e. The molecule has 0 unspecified atom stereocenters. The lowest BCUT2D eigenvalue weighted by atomic mass is 9.79. The van der Waals surface area contributed by atoms with E-state index in [1.165, 1.54) is 76.8 Å². The van der Waals surface area contributed by atoms with Crippen molar-refractivity contribution in [2.24, 2.45) is 0 Å². The lowest BCUT2D eigenvalue weighted by Gasteiger charge is -2.24. The van der Waals surface area contributed by atoms with Crippen molar-refractivity contribution in [2.45, 2.75) is 19.3 Å². The molecule has 1 heterocycles. The summed E-state index contributed by atoms with van der Waals surface area (Å²) in [5, 5.41) is 7.62. The van der Waals surface area contributed by atoms with Crippen molar-refractivity contribution in [3.05, 3.63) is 163 Å². The second kappa shape index (κ2) is 9.74. The number of rotatable bonds is 3. The minimum atomic E-state index is -0.112. The molecule has 1 aromatic heterocycles. The SMILES string of the molecule is CC1(C)c2ccccc2-c2c1cc(-c1c3ccccc3c(-c3ccccc3)c3ccc(-c4ccccn4)cc13)c1ccccc21. The van der Waals surface area contributed by atoms with Gasteiger partial charge in [0.15, 0.2) is 0 Å². The van der Waals surface area contributed by atoms with E-state index in [9.17, 15) is 0 Å². The maximum atomic E-state index is 4.74. The van der Waals surface area contributed by atoms with E-state index < -0.39 is 0 Å². The maximum Gasteiger partial charge on any atom is 0.0702 e. The van der Waals surface area contributed by atoms with Gasteiger partial charge in [0.05, 0.1) is 5.69 Å². The highest BCUT2D eigenvalue weighted by Gasteiger charge is 2.37. The summed E-state index contributed by atoms with van der Waals surface area (Å²) in [6.45, 7) is 4.76. The van der Waals surface area contributed by atoms with Gasteiger partial charge in [-0.1, -0.05) is 135 Å². The summed E-state index contributed by atoms with van der Waals surface area (Å²) in [7, 11) is 0. The second-order valence-electron chi connectivity index (χ2n) is 12.7. The third kappa shape index (κ3) is 3.77. The second-order valence-corrected chi connectivity index (χ2v) is 12.7. The molecule has 1 nitrogen and oxygen atoms in total. The molecule has 0 atom stereocenters. The Morgan fingerprint density at radius 2 is 1.02 bits per heavy atom. The van der Waals surface area contributed by atoms with E-state index in [0.29, 0.717) is 0 Å². The third-order valence-corrected chi connectivity index (χ3v) is 9.90. The summed E-state index contributed by atoms with van der Waals surface area (Å²) in [6.07, 6.45) is 1.88. The lowest BCUT2D eigenvalue weighted by molar-refractivity contribution is 0.661. The van der Waals surface area contributed by atoms with Crippen molar-refractivity contribution in [1.29, 1.82) is 0 Å². The lowest BCUT2D eigenvalue weighted by Crippen LogP contribution is -2.15. The largest absolute Gasteiger partial charge is 0.256 e. The van der Waals surface area contributed by atoms with Crippen molar-refractivity contribution in [2.75, 3.05) is 0 Å². The Morgan fingerprint density at radius 3 is 1.78 bits per heavy atom. The zero-order chi connectivity index (χ0) is 30.1. The Hall–Kier alpha value is -5.53. The van der Waals surface area contributed by atoms with Crippen LogP contribution in [0, 0.1) is 0 Å². The van der Waals surface area contributed by atoms with Gasteiger partial charge >= 0.3 is 0 Å². The van der Waals surface area contributed by atoms with Crippen LogP contribution in [0.25, 0.3) is 77.0 Å². The Morgan fingerprint density at radius 1 is 0.400 bits per heavy atom. The van der Waals surface area contributed by atoms with Gasteiger partial charge in [-0.2, -0.15) is 0 Å². The van der Waals surface area contributed by atoms with E-state index in [-0.39, 0.29) is 5.41 Å². The van der Waals surface area contributed by atoms with Crippen LogP contribution in [-0.2, 0) is 5.41 Å². The summed E-state index contributed by atoms with van der Waals surface area (Å²) in [6, 6.07) is 53.3. The molecule has 0 saturated carbocycles. The average molecular weight is 574 g/mol. The minimum Gasteiger partial charge on any atom is -0.256 e. The topological polar surface area (TPSA) is 12.9 Å². The molecule has 45 heavy (non-hydrogen) atoms. The van der Waals surface area contributed by atoms with Gasteiger partial charge in [0.1, 0.15) is 0 Å². The maximum absolute atomic E-state index is 4.74. The standard InChI is InChI=1S/C44H31N/c1-44(2)38-21-11-10-20-35(38)43-31-17-7-6-16-30(31)37(27-39(43)44)42-33-19-9-8-18-32(33)41(28-14-4-3-5-15-28)34-24-23-29(26-36(34)42)40-22-12-13-25-45-40/h3-27H,1-2H3. The number of fused-ring (bicyclic) bond motifs is 7. The summed E-state index contributed by atoms with van der Waals surface area (Å²) < 4.78 is 0. The van der Waals surface area contributed by atoms with Gasteiger partial charge in [0.25, 0.3) is 0 Å². The summed E-state index contributed by atoms with van der Waals surface area (Å²) >= 11 is 0. The van der Waals surface area contributed by atoms with Crippen LogP contribution in [0.5, 0.6) is 0 Å². The van der Waals surface area contributed by atoms with E-state index in [1.807, 2.05) is 12.3 Å². The zero-order valence-corrected chi connectivity index (χ0v) is 25.4. The van der Waals surface area contributed by atoms with Crippen LogP contribution >= 0.6 is 0 Å². The molecule has 1 aliphatic rings. The predicted molar refractivity (Wildman–Crippen MR) is 191 cm³/mol. The van der Waals surface area contributed by atoms with Crippen LogP contribution < -0.4 is 0 Å².